The van der Waals surface area contributed by atoms with Crippen molar-refractivity contribution in [2.75, 3.05) is 0 Å². The molecule has 1 aliphatic heterocycles. The average molecular weight is 316 g/mol. The van der Waals surface area contributed by atoms with Gasteiger partial charge < -0.3 is 4.98 Å². The van der Waals surface area contributed by atoms with Gasteiger partial charge >= 0.3 is 0 Å². The lowest BCUT2D eigenvalue weighted by Gasteiger charge is -2.22. The average Bonchev–Trinajstić information content (AvgIpc) is 3.32. The highest BCUT2D eigenvalue weighted by Gasteiger charge is 2.34. The first kappa shape index (κ1) is 14.4. The Bertz CT molecular complexity index is 857. The molecule has 5 nitrogen and oxygen atoms in total. The van der Waals surface area contributed by atoms with E-state index in [4.69, 9.17) is 0 Å². The van der Waals surface area contributed by atoms with Crippen molar-refractivity contribution < 1.29 is 4.79 Å². The molecule has 1 aromatic heterocycles. The van der Waals surface area contributed by atoms with E-state index in [9.17, 15) is 4.79 Å². The number of benzene rings is 2. The van der Waals surface area contributed by atoms with Crippen LogP contribution in [-0.2, 0) is 0 Å². The quantitative estimate of drug-likeness (QED) is 0.805. The fourth-order valence-electron chi connectivity index (χ4n) is 2.91. The summed E-state index contributed by atoms with van der Waals surface area (Å²) in [7, 11) is 0. The van der Waals surface area contributed by atoms with Crippen LogP contribution in [0.4, 0.5) is 0 Å². The number of aromatic nitrogens is 2. The highest BCUT2D eigenvalue weighted by atomic mass is 16.2. The Kier molecular flexibility index (Phi) is 3.67. The Morgan fingerprint density at radius 1 is 1.04 bits per heavy atom. The minimum atomic E-state index is -0.126. The summed E-state index contributed by atoms with van der Waals surface area (Å²) in [6.45, 7) is 0. The van der Waals surface area contributed by atoms with Crippen molar-refractivity contribution in [2.45, 2.75) is 12.5 Å². The third kappa shape index (κ3) is 2.60. The third-order valence-corrected chi connectivity index (χ3v) is 4.10. The third-order valence-electron chi connectivity index (χ3n) is 4.10. The molecule has 118 valence electrons. The predicted octanol–water partition coefficient (Wildman–Crippen LogP) is 3.40. The summed E-state index contributed by atoms with van der Waals surface area (Å²) in [6, 6.07) is 19.1. The Hall–Kier alpha value is -3.21. The van der Waals surface area contributed by atoms with E-state index in [1.165, 1.54) is 0 Å². The maximum absolute atomic E-state index is 12.9. The molecule has 1 amide bonds. The molecule has 5 heteroatoms. The van der Waals surface area contributed by atoms with Crippen LogP contribution in [0.15, 0.2) is 78.2 Å². The van der Waals surface area contributed by atoms with Crippen molar-refractivity contribution in [2.24, 2.45) is 5.10 Å². The van der Waals surface area contributed by atoms with E-state index in [1.807, 2.05) is 60.7 Å². The first-order chi connectivity index (χ1) is 11.8. The number of nitrogens with zero attached hydrogens (tertiary/aromatic N) is 3. The molecule has 0 saturated heterocycles. The summed E-state index contributed by atoms with van der Waals surface area (Å²) in [6.07, 6.45) is 4.09. The Labute approximate surface area is 139 Å². The van der Waals surface area contributed by atoms with Gasteiger partial charge in [-0.2, -0.15) is 5.10 Å². The number of carbonyl (C=O) groups is 1. The van der Waals surface area contributed by atoms with E-state index < -0.39 is 0 Å². The number of H-pyrrole nitrogens is 1. The monoisotopic (exact) mass is 316 g/mol. The summed E-state index contributed by atoms with van der Waals surface area (Å²) in [5.41, 5.74) is 2.48. The van der Waals surface area contributed by atoms with Crippen LogP contribution in [0.5, 0.6) is 0 Å². The van der Waals surface area contributed by atoms with Crippen LogP contribution in [0.25, 0.3) is 0 Å². The molecular weight excluding hydrogens is 300 g/mol. The standard InChI is InChI=1S/C19H16N4O/c24-19(15-9-5-2-6-10-15)23-17(14-7-3-1-4-8-14)13-16(22-23)18-20-11-12-21-18/h1-12,17H,13H2,(H,20,21). The van der Waals surface area contributed by atoms with Crippen molar-refractivity contribution in [1.82, 2.24) is 15.0 Å². The number of hydrogen-bond donors (Lipinski definition) is 1. The van der Waals surface area contributed by atoms with E-state index >= 15 is 0 Å². The first-order valence-corrected chi connectivity index (χ1v) is 7.84. The second kappa shape index (κ2) is 6.12. The van der Waals surface area contributed by atoms with Crippen LogP contribution in [0, 0.1) is 0 Å². The topological polar surface area (TPSA) is 61.4 Å². The van der Waals surface area contributed by atoms with Crippen LogP contribution in [0.3, 0.4) is 0 Å². The van der Waals surface area contributed by atoms with Gasteiger partial charge in [-0.25, -0.2) is 9.99 Å². The SMILES string of the molecule is O=C(c1ccccc1)N1N=C(c2ncc[nH]2)CC1c1ccccc1. The fourth-order valence-corrected chi connectivity index (χ4v) is 2.91. The predicted molar refractivity (Wildman–Crippen MR) is 91.5 cm³/mol. The first-order valence-electron chi connectivity index (χ1n) is 7.84. The second-order valence-electron chi connectivity index (χ2n) is 5.63. The zero-order chi connectivity index (χ0) is 16.4. The van der Waals surface area contributed by atoms with Gasteiger partial charge in [-0.05, 0) is 17.7 Å². The summed E-state index contributed by atoms with van der Waals surface area (Å²) in [5, 5.41) is 6.14. The Balaban J connectivity index is 1.72. The molecule has 1 aliphatic rings. The second-order valence-corrected chi connectivity index (χ2v) is 5.63. The molecule has 1 atom stereocenters. The van der Waals surface area contributed by atoms with Gasteiger partial charge in [0.25, 0.3) is 5.91 Å². The molecule has 3 aromatic rings. The maximum Gasteiger partial charge on any atom is 0.274 e. The number of imidazole rings is 1. The van der Waals surface area contributed by atoms with Crippen molar-refractivity contribution in [3.8, 4) is 0 Å². The highest BCUT2D eigenvalue weighted by Crippen LogP contribution is 2.33. The highest BCUT2D eigenvalue weighted by molar-refractivity contribution is 6.02. The van der Waals surface area contributed by atoms with E-state index in [-0.39, 0.29) is 11.9 Å². The Morgan fingerprint density at radius 2 is 1.75 bits per heavy atom. The van der Waals surface area contributed by atoms with E-state index in [1.54, 1.807) is 17.4 Å². The minimum Gasteiger partial charge on any atom is -0.344 e. The van der Waals surface area contributed by atoms with Gasteiger partial charge in [-0.15, -0.1) is 0 Å². The van der Waals surface area contributed by atoms with E-state index in [0.29, 0.717) is 17.8 Å². The lowest BCUT2D eigenvalue weighted by atomic mass is 10.0. The number of amides is 1. The summed E-state index contributed by atoms with van der Waals surface area (Å²) in [4.78, 5) is 20.3. The van der Waals surface area contributed by atoms with Gasteiger partial charge in [-0.1, -0.05) is 48.5 Å². The van der Waals surface area contributed by atoms with Gasteiger partial charge in [0.05, 0.1) is 6.04 Å². The Morgan fingerprint density at radius 3 is 2.42 bits per heavy atom. The van der Waals surface area contributed by atoms with Crippen LogP contribution < -0.4 is 0 Å². The molecule has 4 rings (SSSR count). The number of hydrazone groups is 1. The van der Waals surface area contributed by atoms with Crippen LogP contribution >= 0.6 is 0 Å². The smallest absolute Gasteiger partial charge is 0.274 e. The molecule has 2 aromatic carbocycles. The van der Waals surface area contributed by atoms with Crippen LogP contribution in [0.2, 0.25) is 0 Å². The molecule has 0 aliphatic carbocycles. The van der Waals surface area contributed by atoms with Crippen molar-refractivity contribution in [1.29, 1.82) is 0 Å². The van der Waals surface area contributed by atoms with Gasteiger partial charge in [0.2, 0.25) is 0 Å². The number of nitrogens with one attached hydrogen (secondary N) is 1. The van der Waals surface area contributed by atoms with E-state index in [0.717, 1.165) is 11.3 Å². The van der Waals surface area contributed by atoms with Crippen molar-refractivity contribution >= 4 is 11.6 Å². The molecular formula is C19H16N4O. The maximum atomic E-state index is 12.9. The fraction of sp³-hybridized carbons (Fsp3) is 0.105. The lowest BCUT2D eigenvalue weighted by molar-refractivity contribution is 0.0711. The molecule has 0 spiro atoms. The van der Waals surface area contributed by atoms with Gasteiger partial charge in [0.15, 0.2) is 5.82 Å². The normalized spacial score (nSPS) is 16.9. The zero-order valence-electron chi connectivity index (χ0n) is 13.0. The number of carbonyl (C=O) groups excluding carboxylic acids is 1. The molecule has 24 heavy (non-hydrogen) atoms. The lowest BCUT2D eigenvalue weighted by Crippen LogP contribution is -2.27. The summed E-state index contributed by atoms with van der Waals surface area (Å²) in [5.74, 6) is 0.602. The number of rotatable bonds is 3. The van der Waals surface area contributed by atoms with Gasteiger partial charge in [0, 0.05) is 24.4 Å². The molecule has 0 fully saturated rings. The minimum absolute atomic E-state index is 0.106. The molecule has 0 radical (unpaired) electrons. The van der Waals surface area contributed by atoms with E-state index in [2.05, 4.69) is 15.1 Å². The largest absolute Gasteiger partial charge is 0.344 e. The number of hydrogen-bond acceptors (Lipinski definition) is 3. The summed E-state index contributed by atoms with van der Waals surface area (Å²) < 4.78 is 0. The van der Waals surface area contributed by atoms with Gasteiger partial charge in [0.1, 0.15) is 5.71 Å². The molecule has 1 unspecified atom stereocenters. The zero-order valence-corrected chi connectivity index (χ0v) is 13.0. The molecule has 1 N–H and O–H groups in total. The molecule has 0 saturated carbocycles. The summed E-state index contributed by atoms with van der Waals surface area (Å²) >= 11 is 0. The van der Waals surface area contributed by atoms with Crippen LogP contribution in [-0.4, -0.2) is 26.6 Å². The molecule has 2 heterocycles. The number of aromatic amines is 1. The molecule has 0 bridgehead atoms. The van der Waals surface area contributed by atoms with Gasteiger partial charge in [-0.3, -0.25) is 4.79 Å². The van der Waals surface area contributed by atoms with Crippen LogP contribution in [0.1, 0.15) is 34.2 Å². The van der Waals surface area contributed by atoms with Crippen molar-refractivity contribution in [3.05, 3.63) is 90.0 Å². The van der Waals surface area contributed by atoms with Crippen molar-refractivity contribution in [3.63, 3.8) is 0 Å².